The molecule has 0 amide bonds. The lowest BCUT2D eigenvalue weighted by molar-refractivity contribution is 0.00578. The third-order valence-electron chi connectivity index (χ3n) is 20.5. The molecule has 6 aromatic carbocycles. The standard InChI is InChI=1S/2C20H20S.C16H26B2O4S.C14H21BO2.C9H12.C6H8S/c2*1-13-7-5-8-14(2)19(13)17-11-12-18(21-17)20-15(3)9-6-10-16(20)4;1-13(2)14(3,4)20-17(19-13)11-9-10-12(23-11)18-21-15(5,6)16(7,8)22-18;1-10-8-7-9-11(2)12(10)15-16-13(3,4)14(5,6)17-15;1-7-5-4-6-8(2)9(7)3;1-5-3-4-6(2)7-5/h2*5-12H,1-4H3;9-10H,1-8H3;7-9H,1-6H3;4-6H,1-3H3;3-4H,1-2H3. The Labute approximate surface area is 607 Å². The molecule has 6 nitrogen and oxygen atoms in total. The predicted molar refractivity (Wildman–Crippen MR) is 430 cm³/mol. The van der Waals surface area contributed by atoms with Gasteiger partial charge in [0, 0.05) is 38.8 Å². The second-order valence-corrected chi connectivity index (χ2v) is 34.7. The number of thiophene rings is 4. The normalized spacial score (nSPS) is 16.5. The van der Waals surface area contributed by atoms with Crippen molar-refractivity contribution in [2.75, 3.05) is 0 Å². The first-order valence-corrected chi connectivity index (χ1v) is 37.8. The van der Waals surface area contributed by atoms with Crippen LogP contribution in [0.3, 0.4) is 0 Å². The van der Waals surface area contributed by atoms with Crippen molar-refractivity contribution in [2.24, 2.45) is 0 Å². The van der Waals surface area contributed by atoms with Crippen molar-refractivity contribution in [1.29, 1.82) is 0 Å². The van der Waals surface area contributed by atoms with E-state index in [0.29, 0.717) is 0 Å². The minimum absolute atomic E-state index is 0.249. The quantitative estimate of drug-likeness (QED) is 0.148. The Morgan fingerprint density at radius 3 is 0.653 bits per heavy atom. The zero-order valence-electron chi connectivity index (χ0n) is 63.8. The van der Waals surface area contributed by atoms with E-state index in [1.807, 2.05) is 46.1 Å². The van der Waals surface area contributed by atoms with Crippen molar-refractivity contribution < 1.29 is 27.9 Å². The van der Waals surface area contributed by atoms with Crippen LogP contribution in [0, 0.1) is 104 Å². The summed E-state index contributed by atoms with van der Waals surface area (Å²) in [6.07, 6.45) is 0. The molecule has 13 heteroatoms. The molecule has 0 saturated carbocycles. The molecule has 7 heterocycles. The molecular weight excluding hydrogens is 1280 g/mol. The second-order valence-electron chi connectivity index (χ2n) is 29.9. The van der Waals surface area contributed by atoms with Crippen LogP contribution in [-0.2, 0) is 27.9 Å². The summed E-state index contributed by atoms with van der Waals surface area (Å²) in [5, 5.41) is 0. The Morgan fingerprint density at radius 2 is 0.439 bits per heavy atom. The van der Waals surface area contributed by atoms with E-state index in [2.05, 4.69) is 333 Å². The minimum Gasteiger partial charge on any atom is -0.399 e. The van der Waals surface area contributed by atoms with Gasteiger partial charge in [0.25, 0.3) is 0 Å². The summed E-state index contributed by atoms with van der Waals surface area (Å²) in [7, 11) is -0.913. The summed E-state index contributed by atoms with van der Waals surface area (Å²) in [6.45, 7) is 57.3. The molecule has 0 bridgehead atoms. The fourth-order valence-corrected chi connectivity index (χ4v) is 16.6. The zero-order chi connectivity index (χ0) is 72.2. The molecule has 0 N–H and O–H groups in total. The van der Waals surface area contributed by atoms with Gasteiger partial charge in [-0.25, -0.2) is 0 Å². The van der Waals surface area contributed by atoms with Gasteiger partial charge in [0.05, 0.1) is 33.6 Å². The van der Waals surface area contributed by atoms with Gasteiger partial charge in [0.15, 0.2) is 0 Å². The number of aryl methyl sites for hydroxylation is 14. The zero-order valence-corrected chi connectivity index (χ0v) is 67.1. The molecule has 3 aliphatic heterocycles. The van der Waals surface area contributed by atoms with Crippen LogP contribution in [0.5, 0.6) is 0 Å². The van der Waals surface area contributed by atoms with Crippen molar-refractivity contribution in [3.63, 3.8) is 0 Å². The topological polar surface area (TPSA) is 55.4 Å². The van der Waals surface area contributed by atoms with Crippen LogP contribution in [0.15, 0.2) is 158 Å². The maximum atomic E-state index is 6.11. The van der Waals surface area contributed by atoms with E-state index in [1.165, 1.54) is 129 Å². The highest BCUT2D eigenvalue weighted by atomic mass is 32.1. The summed E-state index contributed by atoms with van der Waals surface area (Å²) in [6, 6.07) is 56.2. The van der Waals surface area contributed by atoms with Gasteiger partial charge in [-0.2, -0.15) is 11.3 Å². The van der Waals surface area contributed by atoms with E-state index < -0.39 is 0 Å². The molecule has 4 aromatic heterocycles. The summed E-state index contributed by atoms with van der Waals surface area (Å²) in [5.74, 6) is 0. The van der Waals surface area contributed by atoms with E-state index in [-0.39, 0.29) is 55.0 Å². The highest BCUT2D eigenvalue weighted by Crippen LogP contribution is 2.43. The third kappa shape index (κ3) is 18.0. The van der Waals surface area contributed by atoms with Crippen LogP contribution >= 0.6 is 45.3 Å². The first kappa shape index (κ1) is 77.8. The van der Waals surface area contributed by atoms with Crippen LogP contribution in [-0.4, -0.2) is 55.0 Å². The summed E-state index contributed by atoms with van der Waals surface area (Å²) in [5.41, 5.74) is 22.3. The van der Waals surface area contributed by atoms with Crippen molar-refractivity contribution in [2.45, 2.75) is 221 Å². The van der Waals surface area contributed by atoms with Crippen molar-refractivity contribution in [3.8, 4) is 41.8 Å². The Bertz CT molecular complexity index is 3860. The van der Waals surface area contributed by atoms with Crippen LogP contribution in [0.2, 0.25) is 0 Å². The molecule has 0 spiro atoms. The maximum Gasteiger partial charge on any atom is 0.505 e. The number of hydrogen-bond acceptors (Lipinski definition) is 10. The van der Waals surface area contributed by atoms with Crippen LogP contribution in [0.4, 0.5) is 0 Å². The van der Waals surface area contributed by atoms with Crippen LogP contribution < -0.4 is 15.0 Å². The molecular formula is C85H107B3O6S4. The van der Waals surface area contributed by atoms with Crippen LogP contribution in [0.1, 0.15) is 165 Å². The van der Waals surface area contributed by atoms with E-state index in [1.54, 1.807) is 11.3 Å². The number of benzene rings is 6. The van der Waals surface area contributed by atoms with E-state index in [9.17, 15) is 0 Å². The molecule has 13 rings (SSSR count). The Balaban J connectivity index is 0.000000155. The van der Waals surface area contributed by atoms with E-state index in [0.717, 1.165) is 9.55 Å². The average molecular weight is 1390 g/mol. The summed E-state index contributed by atoms with van der Waals surface area (Å²) >= 11 is 7.26. The maximum absolute atomic E-state index is 6.11. The summed E-state index contributed by atoms with van der Waals surface area (Å²) in [4.78, 5) is 8.26. The lowest BCUT2D eigenvalue weighted by Crippen LogP contribution is -2.41. The predicted octanol–water partition coefficient (Wildman–Crippen LogP) is 22.6. The Hall–Kier alpha value is -5.93. The molecule has 3 aliphatic rings. The summed E-state index contributed by atoms with van der Waals surface area (Å²) < 4.78 is 38.7. The molecule has 516 valence electrons. The Morgan fingerprint density at radius 1 is 0.224 bits per heavy atom. The molecule has 0 radical (unpaired) electrons. The number of hydrogen-bond donors (Lipinski definition) is 0. The van der Waals surface area contributed by atoms with Crippen molar-refractivity contribution in [3.05, 3.63) is 240 Å². The molecule has 3 fully saturated rings. The number of rotatable bonds is 7. The second kappa shape index (κ2) is 31.5. The third-order valence-corrected chi connectivity index (χ3v) is 24.8. The minimum atomic E-state index is -0.332. The highest BCUT2D eigenvalue weighted by Gasteiger charge is 2.55. The van der Waals surface area contributed by atoms with E-state index >= 15 is 0 Å². The van der Waals surface area contributed by atoms with E-state index in [4.69, 9.17) is 27.9 Å². The van der Waals surface area contributed by atoms with Gasteiger partial charge in [0.2, 0.25) is 0 Å². The van der Waals surface area contributed by atoms with Gasteiger partial charge >= 0.3 is 21.4 Å². The molecule has 0 unspecified atom stereocenters. The molecule has 3 saturated heterocycles. The fraction of sp³-hybridized carbons (Fsp3) is 0.388. The van der Waals surface area contributed by atoms with Crippen LogP contribution in [0.25, 0.3) is 41.8 Å². The average Bonchev–Trinajstić information content (AvgIpc) is 1.63. The SMILES string of the molecule is CC1(C)OB(c2ccc(B3OC(C)(C)C(C)(C)O3)s2)OC1(C)C.Cc1ccc(C)s1.Cc1cccc(C)c1-c1ccc(-c2c(C)cccc2C)s1.Cc1cccc(C)c1-c1ccc(-c2c(C)cccc2C)s1.Cc1cccc(C)c1B1OC(C)(C)C(C)(C)O1.Cc1cccc(C)c1C. The van der Waals surface area contributed by atoms with Crippen molar-refractivity contribution >= 4 is 81.7 Å². The fourth-order valence-electron chi connectivity index (χ4n) is 12.2. The molecule has 98 heavy (non-hydrogen) atoms. The lowest BCUT2D eigenvalue weighted by Gasteiger charge is -2.32. The molecule has 0 aliphatic carbocycles. The molecule has 10 aromatic rings. The smallest absolute Gasteiger partial charge is 0.399 e. The van der Waals surface area contributed by atoms with Gasteiger partial charge in [-0.1, -0.05) is 132 Å². The van der Waals surface area contributed by atoms with Gasteiger partial charge < -0.3 is 27.9 Å². The first-order valence-electron chi connectivity index (χ1n) is 34.5. The van der Waals surface area contributed by atoms with Gasteiger partial charge in [-0.15, -0.1) is 34.0 Å². The first-order chi connectivity index (χ1) is 45.7. The van der Waals surface area contributed by atoms with Gasteiger partial charge in [0.1, 0.15) is 0 Å². The largest absolute Gasteiger partial charge is 0.505 e. The highest BCUT2D eigenvalue weighted by molar-refractivity contribution is 7.30. The Kier molecular flexibility index (Phi) is 25.0. The lowest BCUT2D eigenvalue weighted by atomic mass is 9.73. The monoisotopic (exact) mass is 1380 g/mol. The van der Waals surface area contributed by atoms with Crippen molar-refractivity contribution in [1.82, 2.24) is 0 Å². The molecule has 0 atom stereocenters. The van der Waals surface area contributed by atoms with Gasteiger partial charge in [-0.3, -0.25) is 0 Å². The van der Waals surface area contributed by atoms with Gasteiger partial charge in [-0.05, 0) is 312 Å².